The predicted octanol–water partition coefficient (Wildman–Crippen LogP) is 4.56. The summed E-state index contributed by atoms with van der Waals surface area (Å²) in [4.78, 5) is 1.43. The molecule has 1 atom stereocenters. The molecule has 0 saturated carbocycles. The van der Waals surface area contributed by atoms with Gasteiger partial charge in [0.15, 0.2) is 9.79 Å². The Morgan fingerprint density at radius 3 is 2.17 bits per heavy atom. The summed E-state index contributed by atoms with van der Waals surface area (Å²) in [5.74, 6) is -2.37. The van der Waals surface area contributed by atoms with Gasteiger partial charge < -0.3 is 0 Å². The van der Waals surface area contributed by atoms with Crippen molar-refractivity contribution >= 4 is 10.9 Å². The highest BCUT2D eigenvalue weighted by Gasteiger charge is 2.37. The van der Waals surface area contributed by atoms with Gasteiger partial charge in [-0.3, -0.25) is 0 Å². The molecule has 1 unspecified atom stereocenters. The van der Waals surface area contributed by atoms with Gasteiger partial charge in [-0.15, -0.1) is 0 Å². The van der Waals surface area contributed by atoms with Gasteiger partial charge in [-0.05, 0) is 32.0 Å². The Kier molecular flexibility index (Phi) is 4.02. The smallest absolute Gasteiger partial charge is 0.156 e. The minimum atomic E-state index is -2.37. The molecule has 2 rings (SSSR count). The SMILES string of the molecule is Cc1ccc([S+](c2ccccc2)C(F)F)c(C)c1. The Hall–Kier alpha value is -1.35. The zero-order valence-electron chi connectivity index (χ0n) is 10.4. The number of hydrogen-bond acceptors (Lipinski definition) is 0. The Balaban J connectivity index is 2.49. The third-order valence-corrected chi connectivity index (χ3v) is 4.81. The van der Waals surface area contributed by atoms with E-state index in [9.17, 15) is 8.78 Å². The fraction of sp³-hybridized carbons (Fsp3) is 0.200. The summed E-state index contributed by atoms with van der Waals surface area (Å²) in [6.45, 7) is 3.87. The van der Waals surface area contributed by atoms with E-state index in [2.05, 4.69) is 0 Å². The van der Waals surface area contributed by atoms with Gasteiger partial charge in [0.25, 0.3) is 0 Å². The molecule has 94 valence electrons. The van der Waals surface area contributed by atoms with Crippen LogP contribution in [0.15, 0.2) is 58.3 Å². The normalized spacial score (nSPS) is 12.7. The van der Waals surface area contributed by atoms with Gasteiger partial charge in [0.2, 0.25) is 0 Å². The van der Waals surface area contributed by atoms with E-state index in [0.29, 0.717) is 4.90 Å². The average molecular weight is 265 g/mol. The first-order chi connectivity index (χ1) is 8.59. The van der Waals surface area contributed by atoms with E-state index in [4.69, 9.17) is 0 Å². The number of aryl methyl sites for hydroxylation is 2. The lowest BCUT2D eigenvalue weighted by atomic mass is 10.2. The number of halogens is 2. The topological polar surface area (TPSA) is 0 Å². The van der Waals surface area contributed by atoms with Crippen molar-refractivity contribution in [3.05, 3.63) is 59.7 Å². The summed E-state index contributed by atoms with van der Waals surface area (Å²) < 4.78 is 26.7. The van der Waals surface area contributed by atoms with Gasteiger partial charge in [-0.25, -0.2) is 0 Å². The standard InChI is InChI=1S/C15H15F2S/c1-11-8-9-14(12(2)10-11)18(15(16)17)13-6-4-3-5-7-13/h3-10,15H,1-2H3/q+1. The molecule has 2 aromatic carbocycles. The molecule has 0 spiro atoms. The lowest BCUT2D eigenvalue weighted by molar-refractivity contribution is 0.247. The highest BCUT2D eigenvalue weighted by Crippen LogP contribution is 2.31. The van der Waals surface area contributed by atoms with Crippen LogP contribution in [0.4, 0.5) is 8.78 Å². The highest BCUT2D eigenvalue weighted by molar-refractivity contribution is 7.97. The number of alkyl halides is 2. The van der Waals surface area contributed by atoms with Crippen molar-refractivity contribution in [1.29, 1.82) is 0 Å². The van der Waals surface area contributed by atoms with Crippen molar-refractivity contribution in [2.24, 2.45) is 0 Å². The van der Waals surface area contributed by atoms with Crippen LogP contribution in [-0.2, 0) is 10.9 Å². The highest BCUT2D eigenvalue weighted by atomic mass is 32.2. The van der Waals surface area contributed by atoms with E-state index in [1.54, 1.807) is 24.3 Å². The fourth-order valence-corrected chi connectivity index (χ4v) is 3.66. The summed E-state index contributed by atoms with van der Waals surface area (Å²) in [7, 11) is -1.16. The van der Waals surface area contributed by atoms with Crippen LogP contribution in [0, 0.1) is 13.8 Å². The summed E-state index contributed by atoms with van der Waals surface area (Å²) in [6.07, 6.45) is 0. The average Bonchev–Trinajstić information content (AvgIpc) is 2.33. The predicted molar refractivity (Wildman–Crippen MR) is 72.3 cm³/mol. The van der Waals surface area contributed by atoms with E-state index in [1.807, 2.05) is 38.1 Å². The molecule has 0 radical (unpaired) electrons. The van der Waals surface area contributed by atoms with Crippen molar-refractivity contribution < 1.29 is 8.78 Å². The van der Waals surface area contributed by atoms with E-state index in [1.165, 1.54) is 0 Å². The summed E-state index contributed by atoms with van der Waals surface area (Å²) >= 11 is 0. The molecule has 0 aliphatic heterocycles. The van der Waals surface area contributed by atoms with Crippen LogP contribution < -0.4 is 0 Å². The second-order valence-electron chi connectivity index (χ2n) is 4.18. The molecule has 0 N–H and O–H groups in total. The Labute approximate surface area is 109 Å². The first kappa shape index (κ1) is 13.1. The zero-order valence-corrected chi connectivity index (χ0v) is 11.2. The van der Waals surface area contributed by atoms with Crippen molar-refractivity contribution in [3.63, 3.8) is 0 Å². The summed E-state index contributed by atoms with van der Waals surface area (Å²) in [5, 5.41) is 0. The van der Waals surface area contributed by atoms with Crippen molar-refractivity contribution in [3.8, 4) is 0 Å². The van der Waals surface area contributed by atoms with Crippen LogP contribution in [-0.4, -0.2) is 5.76 Å². The third-order valence-electron chi connectivity index (χ3n) is 2.74. The number of benzene rings is 2. The van der Waals surface area contributed by atoms with Crippen molar-refractivity contribution in [2.45, 2.75) is 29.4 Å². The van der Waals surface area contributed by atoms with E-state index in [0.717, 1.165) is 16.0 Å². The van der Waals surface area contributed by atoms with Gasteiger partial charge in [-0.2, -0.15) is 8.78 Å². The molecule has 0 bridgehead atoms. The molecule has 2 aromatic rings. The van der Waals surface area contributed by atoms with Gasteiger partial charge in [0.1, 0.15) is 10.9 Å². The molecule has 0 heterocycles. The van der Waals surface area contributed by atoms with Gasteiger partial charge in [-0.1, -0.05) is 35.9 Å². The van der Waals surface area contributed by atoms with E-state index in [-0.39, 0.29) is 0 Å². The van der Waals surface area contributed by atoms with Crippen molar-refractivity contribution in [1.82, 2.24) is 0 Å². The first-order valence-electron chi connectivity index (χ1n) is 5.73. The molecule has 0 aromatic heterocycles. The lowest BCUT2D eigenvalue weighted by Crippen LogP contribution is -2.14. The monoisotopic (exact) mass is 265 g/mol. The molecule has 3 heteroatoms. The molecule has 0 nitrogen and oxygen atoms in total. The quantitative estimate of drug-likeness (QED) is 0.713. The molecule has 0 amide bonds. The van der Waals surface area contributed by atoms with Gasteiger partial charge in [0.05, 0.1) is 0 Å². The van der Waals surface area contributed by atoms with E-state index < -0.39 is 16.7 Å². The largest absolute Gasteiger partial charge is 0.409 e. The number of hydrogen-bond donors (Lipinski definition) is 0. The Bertz CT molecular complexity index is 523. The molecule has 0 saturated heterocycles. The summed E-state index contributed by atoms with van der Waals surface area (Å²) in [6, 6.07) is 14.7. The van der Waals surface area contributed by atoms with Crippen LogP contribution in [0.3, 0.4) is 0 Å². The van der Waals surface area contributed by atoms with Crippen LogP contribution in [0.5, 0.6) is 0 Å². The molecule has 0 aliphatic carbocycles. The Morgan fingerprint density at radius 1 is 0.944 bits per heavy atom. The minimum absolute atomic E-state index is 0.694. The molecular formula is C15H15F2S+. The minimum Gasteiger partial charge on any atom is -0.156 e. The van der Waals surface area contributed by atoms with Gasteiger partial charge >= 0.3 is 5.76 Å². The lowest BCUT2D eigenvalue weighted by Gasteiger charge is -2.09. The van der Waals surface area contributed by atoms with Crippen LogP contribution >= 0.6 is 0 Å². The van der Waals surface area contributed by atoms with Crippen LogP contribution in [0.2, 0.25) is 0 Å². The van der Waals surface area contributed by atoms with Crippen LogP contribution in [0.25, 0.3) is 0 Å². The number of rotatable bonds is 3. The second kappa shape index (κ2) is 5.53. The maximum Gasteiger partial charge on any atom is 0.409 e. The van der Waals surface area contributed by atoms with Crippen molar-refractivity contribution in [2.75, 3.05) is 0 Å². The molecule has 18 heavy (non-hydrogen) atoms. The fourth-order valence-electron chi connectivity index (χ4n) is 1.94. The maximum absolute atomic E-state index is 13.4. The second-order valence-corrected chi connectivity index (χ2v) is 6.12. The van der Waals surface area contributed by atoms with Crippen LogP contribution in [0.1, 0.15) is 11.1 Å². The zero-order chi connectivity index (χ0) is 13.1. The third kappa shape index (κ3) is 2.72. The maximum atomic E-state index is 13.4. The first-order valence-corrected chi connectivity index (χ1v) is 7.02. The molecule has 0 fully saturated rings. The van der Waals surface area contributed by atoms with E-state index >= 15 is 0 Å². The summed E-state index contributed by atoms with van der Waals surface area (Å²) in [5.41, 5.74) is 2.03. The molecule has 0 aliphatic rings. The molecular weight excluding hydrogens is 250 g/mol. The Morgan fingerprint density at radius 2 is 1.61 bits per heavy atom. The van der Waals surface area contributed by atoms with Gasteiger partial charge in [0, 0.05) is 5.56 Å².